The number of piperidine rings is 2. The number of fused-ring (bicyclic) bond motifs is 2. The molecular formula is C22H27N3O4. The fraction of sp³-hybridized carbons (Fsp3) is 0.500. The molecule has 4 rings (SSSR count). The lowest BCUT2D eigenvalue weighted by molar-refractivity contribution is -0.143. The lowest BCUT2D eigenvalue weighted by Crippen LogP contribution is -2.58. The van der Waals surface area contributed by atoms with Gasteiger partial charge in [-0.2, -0.15) is 0 Å². The summed E-state index contributed by atoms with van der Waals surface area (Å²) in [6.45, 7) is 3.54. The van der Waals surface area contributed by atoms with Crippen LogP contribution in [0.4, 0.5) is 0 Å². The van der Waals surface area contributed by atoms with Crippen molar-refractivity contribution in [2.75, 3.05) is 33.2 Å². The first-order valence-electron chi connectivity index (χ1n) is 10.2. The summed E-state index contributed by atoms with van der Waals surface area (Å²) >= 11 is 0. The maximum absolute atomic E-state index is 13.0. The molecule has 7 nitrogen and oxygen atoms in total. The lowest BCUT2D eigenvalue weighted by atomic mass is 9.83. The van der Waals surface area contributed by atoms with Gasteiger partial charge in [-0.3, -0.25) is 14.4 Å². The zero-order valence-corrected chi connectivity index (χ0v) is 17.0. The van der Waals surface area contributed by atoms with Crippen molar-refractivity contribution >= 4 is 28.7 Å². The highest BCUT2D eigenvalue weighted by Gasteiger charge is 2.40. The number of hydrogen-bond donors (Lipinski definition) is 0. The highest BCUT2D eigenvalue weighted by atomic mass is 16.3. The molecule has 7 heteroatoms. The molecular weight excluding hydrogens is 370 g/mol. The van der Waals surface area contributed by atoms with Crippen LogP contribution in [0.1, 0.15) is 36.7 Å². The average Bonchev–Trinajstić information content (AvgIpc) is 3.16. The Morgan fingerprint density at radius 2 is 1.97 bits per heavy atom. The second-order valence-corrected chi connectivity index (χ2v) is 8.12. The number of nitrogens with zero attached hydrogens (tertiary/aromatic N) is 3. The highest BCUT2D eigenvalue weighted by Crippen LogP contribution is 2.32. The van der Waals surface area contributed by atoms with Gasteiger partial charge in [-0.1, -0.05) is 18.2 Å². The van der Waals surface area contributed by atoms with Crippen molar-refractivity contribution in [2.45, 2.75) is 32.2 Å². The minimum Gasteiger partial charge on any atom is -0.451 e. The van der Waals surface area contributed by atoms with Crippen LogP contribution in [0, 0.1) is 5.92 Å². The van der Waals surface area contributed by atoms with Crippen LogP contribution in [0.15, 0.2) is 34.7 Å². The largest absolute Gasteiger partial charge is 0.451 e. The van der Waals surface area contributed by atoms with Crippen molar-refractivity contribution < 1.29 is 18.8 Å². The van der Waals surface area contributed by atoms with Crippen LogP contribution in [-0.2, 0) is 9.59 Å². The molecule has 1 aromatic heterocycles. The maximum atomic E-state index is 13.0. The summed E-state index contributed by atoms with van der Waals surface area (Å²) in [4.78, 5) is 42.4. The fourth-order valence-corrected chi connectivity index (χ4v) is 4.55. The molecule has 0 N–H and O–H groups in total. The van der Waals surface area contributed by atoms with Crippen molar-refractivity contribution in [2.24, 2.45) is 5.92 Å². The second-order valence-electron chi connectivity index (χ2n) is 8.12. The van der Waals surface area contributed by atoms with E-state index in [0.717, 1.165) is 36.8 Å². The van der Waals surface area contributed by atoms with Crippen LogP contribution in [0.25, 0.3) is 11.0 Å². The first-order chi connectivity index (χ1) is 13.9. The molecule has 2 atom stereocenters. The number of para-hydroxylation sites is 1. The number of hydrogen-bond acceptors (Lipinski definition) is 4. The average molecular weight is 397 g/mol. The number of carbonyl (C=O) groups excluding carboxylic acids is 3. The normalized spacial score (nSPS) is 21.7. The molecule has 0 aliphatic carbocycles. The van der Waals surface area contributed by atoms with Gasteiger partial charge >= 0.3 is 0 Å². The molecule has 154 valence electrons. The first-order valence-corrected chi connectivity index (χ1v) is 10.2. The number of rotatable bonds is 3. The van der Waals surface area contributed by atoms with Gasteiger partial charge in [-0.25, -0.2) is 0 Å². The third kappa shape index (κ3) is 3.86. The summed E-state index contributed by atoms with van der Waals surface area (Å²) in [7, 11) is 1.65. The molecule has 29 heavy (non-hydrogen) atoms. The van der Waals surface area contributed by atoms with E-state index in [1.54, 1.807) is 13.1 Å². The first kappa shape index (κ1) is 19.5. The summed E-state index contributed by atoms with van der Waals surface area (Å²) in [5.41, 5.74) is 0.717. The Hall–Kier alpha value is -2.83. The van der Waals surface area contributed by atoms with Gasteiger partial charge in [0.15, 0.2) is 5.76 Å². The van der Waals surface area contributed by atoms with Crippen molar-refractivity contribution in [3.8, 4) is 0 Å². The molecule has 2 fully saturated rings. The van der Waals surface area contributed by atoms with E-state index in [1.807, 2.05) is 34.1 Å². The summed E-state index contributed by atoms with van der Waals surface area (Å²) in [6, 6.07) is 9.55. The van der Waals surface area contributed by atoms with Gasteiger partial charge < -0.3 is 19.1 Å². The Balaban J connectivity index is 1.43. The lowest BCUT2D eigenvalue weighted by Gasteiger charge is -2.47. The third-order valence-electron chi connectivity index (χ3n) is 6.22. The quantitative estimate of drug-likeness (QED) is 0.797. The Morgan fingerprint density at radius 3 is 2.72 bits per heavy atom. The van der Waals surface area contributed by atoms with Crippen LogP contribution >= 0.6 is 0 Å². The standard InChI is InChI=1S/C22H27N3O4/c1-15(26)23(2)14-21(27)25-10-5-7-17-13-24(11-9-18(17)25)22(28)20-12-16-6-3-4-8-19(16)29-20/h3-4,6,8,12,17-18H,5,7,9-11,13-14H2,1-2H3. The summed E-state index contributed by atoms with van der Waals surface area (Å²) in [5.74, 6) is 0.431. The molecule has 3 heterocycles. The van der Waals surface area contributed by atoms with E-state index >= 15 is 0 Å². The second kappa shape index (κ2) is 7.89. The Labute approximate surface area is 170 Å². The predicted molar refractivity (Wildman–Crippen MR) is 108 cm³/mol. The Kier molecular flexibility index (Phi) is 5.30. The number of carbonyl (C=O) groups is 3. The predicted octanol–water partition coefficient (Wildman–Crippen LogP) is 2.36. The van der Waals surface area contributed by atoms with Crippen LogP contribution in [0.3, 0.4) is 0 Å². The molecule has 2 aromatic rings. The fourth-order valence-electron chi connectivity index (χ4n) is 4.55. The zero-order valence-electron chi connectivity index (χ0n) is 17.0. The molecule has 2 unspecified atom stereocenters. The monoisotopic (exact) mass is 397 g/mol. The zero-order chi connectivity index (χ0) is 20.5. The maximum Gasteiger partial charge on any atom is 0.289 e. The summed E-state index contributed by atoms with van der Waals surface area (Å²) in [5, 5.41) is 0.926. The number of likely N-dealkylation sites (N-methyl/N-ethyl adjacent to an activating group) is 1. The third-order valence-corrected chi connectivity index (χ3v) is 6.22. The molecule has 0 radical (unpaired) electrons. The highest BCUT2D eigenvalue weighted by molar-refractivity contribution is 5.96. The van der Waals surface area contributed by atoms with Gasteiger partial charge in [0.25, 0.3) is 5.91 Å². The topological polar surface area (TPSA) is 74.1 Å². The minimum atomic E-state index is -0.113. The molecule has 0 saturated carbocycles. The van der Waals surface area contributed by atoms with Crippen molar-refractivity contribution in [3.63, 3.8) is 0 Å². The number of likely N-dealkylation sites (tertiary alicyclic amines) is 2. The summed E-state index contributed by atoms with van der Waals surface area (Å²) < 4.78 is 5.75. The Bertz CT molecular complexity index is 904. The van der Waals surface area contributed by atoms with Crippen LogP contribution in [-0.4, -0.2) is 71.7 Å². The van der Waals surface area contributed by atoms with Gasteiger partial charge in [0.2, 0.25) is 11.8 Å². The van der Waals surface area contributed by atoms with Crippen molar-refractivity contribution in [1.29, 1.82) is 0 Å². The van der Waals surface area contributed by atoms with Crippen LogP contribution in [0.2, 0.25) is 0 Å². The van der Waals surface area contributed by atoms with E-state index in [4.69, 9.17) is 4.42 Å². The molecule has 0 bridgehead atoms. The minimum absolute atomic E-state index is 0.00513. The SMILES string of the molecule is CC(=O)N(C)CC(=O)N1CCCC2CN(C(=O)c3cc4ccccc4o3)CCC21. The van der Waals surface area contributed by atoms with E-state index < -0.39 is 0 Å². The van der Waals surface area contributed by atoms with E-state index in [0.29, 0.717) is 18.8 Å². The smallest absolute Gasteiger partial charge is 0.289 e. The summed E-state index contributed by atoms with van der Waals surface area (Å²) in [6.07, 6.45) is 2.68. The van der Waals surface area contributed by atoms with Gasteiger partial charge in [0.1, 0.15) is 5.58 Å². The molecule has 2 aliphatic heterocycles. The van der Waals surface area contributed by atoms with Crippen molar-refractivity contribution in [3.05, 3.63) is 36.1 Å². The molecule has 2 saturated heterocycles. The Morgan fingerprint density at radius 1 is 1.17 bits per heavy atom. The molecule has 1 aromatic carbocycles. The van der Waals surface area contributed by atoms with E-state index in [1.165, 1.54) is 11.8 Å². The number of furan rings is 1. The molecule has 2 aliphatic rings. The van der Waals surface area contributed by atoms with Crippen LogP contribution < -0.4 is 0 Å². The van der Waals surface area contributed by atoms with Gasteiger partial charge in [0.05, 0.1) is 6.54 Å². The van der Waals surface area contributed by atoms with Crippen LogP contribution in [0.5, 0.6) is 0 Å². The van der Waals surface area contributed by atoms with Crippen molar-refractivity contribution in [1.82, 2.24) is 14.7 Å². The van der Waals surface area contributed by atoms with Gasteiger partial charge in [0, 0.05) is 45.0 Å². The van der Waals surface area contributed by atoms with Gasteiger partial charge in [-0.15, -0.1) is 0 Å². The number of amides is 3. The number of benzene rings is 1. The molecule has 3 amide bonds. The molecule has 0 spiro atoms. The van der Waals surface area contributed by atoms with E-state index in [2.05, 4.69) is 0 Å². The van der Waals surface area contributed by atoms with E-state index in [-0.39, 0.29) is 36.2 Å². The van der Waals surface area contributed by atoms with Gasteiger partial charge in [-0.05, 0) is 37.3 Å². The van der Waals surface area contributed by atoms with E-state index in [9.17, 15) is 14.4 Å².